The van der Waals surface area contributed by atoms with Gasteiger partial charge in [0, 0.05) is 23.5 Å². The monoisotopic (exact) mass is 358 g/mol. The summed E-state index contributed by atoms with van der Waals surface area (Å²) in [6.45, 7) is 1.45. The Morgan fingerprint density at radius 1 is 1.37 bits per heavy atom. The largest absolute Gasteiger partial charge is 0.361 e. The van der Waals surface area contributed by atoms with Gasteiger partial charge >= 0.3 is 0 Å². The zero-order valence-corrected chi connectivity index (χ0v) is 13.1. The van der Waals surface area contributed by atoms with Gasteiger partial charge in [-0.15, -0.1) is 0 Å². The highest BCUT2D eigenvalue weighted by Crippen LogP contribution is 2.13. The molecule has 2 aromatic rings. The van der Waals surface area contributed by atoms with Crippen LogP contribution in [-0.2, 0) is 6.54 Å². The lowest BCUT2D eigenvalue weighted by molar-refractivity contribution is 0.604. The average Bonchev–Trinajstić information content (AvgIpc) is 2.78. The first kappa shape index (κ1) is 14.3. The quantitative estimate of drug-likeness (QED) is 0.822. The Bertz CT molecular complexity index is 555. The second-order valence-corrected chi connectivity index (χ2v) is 5.57. The van der Waals surface area contributed by atoms with Crippen molar-refractivity contribution in [3.63, 3.8) is 0 Å². The maximum Gasteiger partial charge on any atom is 0.170 e. The number of anilines is 1. The first-order chi connectivity index (χ1) is 9.13. The molecule has 0 saturated heterocycles. The second kappa shape index (κ2) is 6.88. The van der Waals surface area contributed by atoms with Crippen LogP contribution in [0.4, 0.5) is 5.69 Å². The number of halogens is 2. The highest BCUT2D eigenvalue weighted by molar-refractivity contribution is 9.10. The first-order valence-corrected chi connectivity index (χ1v) is 7.20. The fraction of sp³-hybridized carbons (Fsp3) is 0.167. The molecule has 19 heavy (non-hydrogen) atoms. The molecule has 2 N–H and O–H groups in total. The molecule has 1 heterocycles. The minimum atomic E-state index is 0.577. The van der Waals surface area contributed by atoms with E-state index in [0.29, 0.717) is 16.7 Å². The fourth-order valence-corrected chi connectivity index (χ4v) is 2.13. The van der Waals surface area contributed by atoms with Crippen molar-refractivity contribution in [2.75, 3.05) is 11.9 Å². The van der Waals surface area contributed by atoms with E-state index < -0.39 is 0 Å². The van der Waals surface area contributed by atoms with Gasteiger partial charge in [0.05, 0.1) is 17.2 Å². The van der Waals surface area contributed by atoms with E-state index in [-0.39, 0.29) is 0 Å². The number of aromatic nitrogens is 2. The summed E-state index contributed by atoms with van der Waals surface area (Å²) in [5.41, 5.74) is 0.906. The molecule has 0 aliphatic rings. The summed E-state index contributed by atoms with van der Waals surface area (Å²) in [7, 11) is 0. The van der Waals surface area contributed by atoms with Gasteiger partial charge in [0.1, 0.15) is 0 Å². The topological polar surface area (TPSA) is 41.9 Å². The van der Waals surface area contributed by atoms with Gasteiger partial charge < -0.3 is 10.6 Å². The van der Waals surface area contributed by atoms with Crippen LogP contribution >= 0.6 is 39.7 Å². The summed E-state index contributed by atoms with van der Waals surface area (Å²) in [5, 5.41) is 11.6. The Balaban J connectivity index is 1.74. The SMILES string of the molecule is S=C(NCCn1cc(Br)cn1)Nc1ccc(Cl)cc1. The Labute approximate surface area is 130 Å². The normalized spacial score (nSPS) is 10.2. The summed E-state index contributed by atoms with van der Waals surface area (Å²) in [4.78, 5) is 0. The van der Waals surface area contributed by atoms with Crippen molar-refractivity contribution >= 4 is 50.5 Å². The summed E-state index contributed by atoms with van der Waals surface area (Å²) in [5.74, 6) is 0. The molecule has 0 bridgehead atoms. The lowest BCUT2D eigenvalue weighted by Gasteiger charge is -2.10. The molecule has 1 aromatic heterocycles. The second-order valence-electron chi connectivity index (χ2n) is 3.81. The van der Waals surface area contributed by atoms with Crippen molar-refractivity contribution in [3.8, 4) is 0 Å². The maximum absolute atomic E-state index is 5.81. The zero-order chi connectivity index (χ0) is 13.7. The molecule has 100 valence electrons. The van der Waals surface area contributed by atoms with E-state index in [0.717, 1.165) is 16.7 Å². The third-order valence-electron chi connectivity index (χ3n) is 2.33. The van der Waals surface area contributed by atoms with Crippen molar-refractivity contribution in [1.82, 2.24) is 15.1 Å². The summed E-state index contributed by atoms with van der Waals surface area (Å²) < 4.78 is 2.80. The number of hydrogen-bond donors (Lipinski definition) is 2. The van der Waals surface area contributed by atoms with Crippen LogP contribution in [-0.4, -0.2) is 21.4 Å². The average molecular weight is 360 g/mol. The molecule has 0 fully saturated rings. The predicted octanol–water partition coefficient (Wildman–Crippen LogP) is 3.29. The molecule has 0 atom stereocenters. The Morgan fingerprint density at radius 2 is 2.11 bits per heavy atom. The van der Waals surface area contributed by atoms with Crippen molar-refractivity contribution in [2.45, 2.75) is 6.54 Å². The van der Waals surface area contributed by atoms with Gasteiger partial charge in [0.2, 0.25) is 0 Å². The Morgan fingerprint density at radius 3 is 2.74 bits per heavy atom. The molecule has 0 amide bonds. The van der Waals surface area contributed by atoms with Crippen LogP contribution in [0.1, 0.15) is 0 Å². The smallest absolute Gasteiger partial charge is 0.170 e. The van der Waals surface area contributed by atoms with Gasteiger partial charge in [-0.3, -0.25) is 4.68 Å². The van der Waals surface area contributed by atoms with Gasteiger partial charge in [-0.1, -0.05) is 11.6 Å². The molecule has 0 radical (unpaired) electrons. The van der Waals surface area contributed by atoms with E-state index in [2.05, 4.69) is 31.7 Å². The van der Waals surface area contributed by atoms with E-state index in [9.17, 15) is 0 Å². The predicted molar refractivity (Wildman–Crippen MR) is 85.6 cm³/mol. The number of nitrogens with zero attached hydrogens (tertiary/aromatic N) is 2. The minimum Gasteiger partial charge on any atom is -0.361 e. The fourth-order valence-electron chi connectivity index (χ4n) is 1.45. The molecule has 0 spiro atoms. The van der Waals surface area contributed by atoms with Crippen LogP contribution in [0, 0.1) is 0 Å². The van der Waals surface area contributed by atoms with Crippen LogP contribution in [0.5, 0.6) is 0 Å². The molecule has 7 heteroatoms. The molecular formula is C12H12BrClN4S. The molecule has 1 aromatic carbocycles. The van der Waals surface area contributed by atoms with Crippen LogP contribution in [0.2, 0.25) is 5.02 Å². The summed E-state index contributed by atoms with van der Waals surface area (Å²) in [6.07, 6.45) is 3.67. The summed E-state index contributed by atoms with van der Waals surface area (Å²) >= 11 is 14.4. The van der Waals surface area contributed by atoms with Gasteiger partial charge in [-0.25, -0.2) is 0 Å². The number of rotatable bonds is 4. The van der Waals surface area contributed by atoms with E-state index in [1.807, 2.05) is 35.1 Å². The zero-order valence-electron chi connectivity index (χ0n) is 9.94. The lowest BCUT2D eigenvalue weighted by Crippen LogP contribution is -2.31. The lowest BCUT2D eigenvalue weighted by atomic mass is 10.3. The molecule has 0 aliphatic heterocycles. The molecule has 0 unspecified atom stereocenters. The third-order valence-corrected chi connectivity index (χ3v) is 3.24. The van der Waals surface area contributed by atoms with Crippen molar-refractivity contribution in [2.24, 2.45) is 0 Å². The molecule has 4 nitrogen and oxygen atoms in total. The van der Waals surface area contributed by atoms with Gasteiger partial charge in [0.25, 0.3) is 0 Å². The third kappa shape index (κ3) is 4.81. The van der Waals surface area contributed by atoms with E-state index in [4.69, 9.17) is 23.8 Å². The van der Waals surface area contributed by atoms with Crippen molar-refractivity contribution in [3.05, 3.63) is 46.2 Å². The minimum absolute atomic E-state index is 0.577. The van der Waals surface area contributed by atoms with Crippen LogP contribution in [0.15, 0.2) is 41.1 Å². The van der Waals surface area contributed by atoms with E-state index in [1.165, 1.54) is 0 Å². The Kier molecular flexibility index (Phi) is 5.18. The highest BCUT2D eigenvalue weighted by atomic mass is 79.9. The maximum atomic E-state index is 5.81. The van der Waals surface area contributed by atoms with Crippen LogP contribution < -0.4 is 10.6 Å². The van der Waals surface area contributed by atoms with Crippen LogP contribution in [0.3, 0.4) is 0 Å². The molecule has 2 rings (SSSR count). The standard InChI is InChI=1S/C12H12BrClN4S/c13-9-7-16-18(8-9)6-5-15-12(19)17-11-3-1-10(14)2-4-11/h1-4,7-8H,5-6H2,(H2,15,17,19). The van der Waals surface area contributed by atoms with Crippen LogP contribution in [0.25, 0.3) is 0 Å². The van der Waals surface area contributed by atoms with Crippen molar-refractivity contribution in [1.29, 1.82) is 0 Å². The molecule has 0 aliphatic carbocycles. The number of nitrogens with one attached hydrogen (secondary N) is 2. The number of benzene rings is 1. The number of thiocarbonyl (C=S) groups is 1. The number of hydrogen-bond acceptors (Lipinski definition) is 2. The van der Waals surface area contributed by atoms with E-state index in [1.54, 1.807) is 6.20 Å². The molecule has 0 saturated carbocycles. The Hall–Kier alpha value is -1.11. The van der Waals surface area contributed by atoms with Crippen molar-refractivity contribution < 1.29 is 0 Å². The van der Waals surface area contributed by atoms with Gasteiger partial charge in [-0.2, -0.15) is 5.10 Å². The summed E-state index contributed by atoms with van der Waals surface area (Å²) in [6, 6.07) is 7.38. The van der Waals surface area contributed by atoms with Gasteiger partial charge in [0.15, 0.2) is 5.11 Å². The molecular weight excluding hydrogens is 348 g/mol. The van der Waals surface area contributed by atoms with Gasteiger partial charge in [-0.05, 0) is 52.4 Å². The van der Waals surface area contributed by atoms with E-state index >= 15 is 0 Å². The first-order valence-electron chi connectivity index (χ1n) is 5.62. The highest BCUT2D eigenvalue weighted by Gasteiger charge is 1.98.